The molecule has 0 aliphatic heterocycles. The number of rotatable bonds is 6. The third-order valence-electron chi connectivity index (χ3n) is 2.31. The van der Waals surface area contributed by atoms with Crippen molar-refractivity contribution >= 4 is 21.6 Å². The summed E-state index contributed by atoms with van der Waals surface area (Å²) in [5.41, 5.74) is 0. The first-order valence-electron chi connectivity index (χ1n) is 5.41. The molecule has 6 nitrogen and oxygen atoms in total. The molecule has 100 valence electrons. The molecule has 1 atom stereocenters. The van der Waals surface area contributed by atoms with Gasteiger partial charge in [-0.3, -0.25) is 4.79 Å². The van der Waals surface area contributed by atoms with Crippen LogP contribution >= 0.6 is 0 Å². The molecule has 18 heavy (non-hydrogen) atoms. The SMILES string of the molecule is CC(CNc1ncccc1S(C)(=O)=O)CC(=O)O. The number of anilines is 1. The molecule has 7 heteroatoms. The summed E-state index contributed by atoms with van der Waals surface area (Å²) in [7, 11) is -3.35. The fourth-order valence-electron chi connectivity index (χ4n) is 1.46. The monoisotopic (exact) mass is 272 g/mol. The lowest BCUT2D eigenvalue weighted by Crippen LogP contribution is -2.17. The molecule has 0 bridgehead atoms. The van der Waals surface area contributed by atoms with Crippen molar-refractivity contribution < 1.29 is 18.3 Å². The second-order valence-electron chi connectivity index (χ2n) is 4.21. The summed E-state index contributed by atoms with van der Waals surface area (Å²) in [5.74, 6) is -0.734. The van der Waals surface area contributed by atoms with Crippen LogP contribution in [0.5, 0.6) is 0 Å². The molecule has 0 saturated heterocycles. The maximum atomic E-state index is 11.5. The van der Waals surface area contributed by atoms with Gasteiger partial charge in [-0.15, -0.1) is 0 Å². The van der Waals surface area contributed by atoms with Crippen molar-refractivity contribution in [1.29, 1.82) is 0 Å². The summed E-state index contributed by atoms with van der Waals surface area (Å²) in [6, 6.07) is 3.01. The minimum atomic E-state index is -3.35. The first-order chi connectivity index (χ1) is 8.30. The van der Waals surface area contributed by atoms with Crippen LogP contribution in [0.3, 0.4) is 0 Å². The summed E-state index contributed by atoms with van der Waals surface area (Å²) >= 11 is 0. The number of nitrogens with one attached hydrogen (secondary N) is 1. The maximum Gasteiger partial charge on any atom is 0.303 e. The molecule has 0 aliphatic rings. The van der Waals surface area contributed by atoms with E-state index in [-0.39, 0.29) is 23.1 Å². The first kappa shape index (κ1) is 14.4. The Morgan fingerprint density at radius 2 is 2.22 bits per heavy atom. The van der Waals surface area contributed by atoms with Gasteiger partial charge in [0.1, 0.15) is 10.7 Å². The number of carboxylic acids is 1. The number of carbonyl (C=O) groups is 1. The van der Waals surface area contributed by atoms with Crippen molar-refractivity contribution in [2.45, 2.75) is 18.2 Å². The second kappa shape index (κ2) is 5.81. The van der Waals surface area contributed by atoms with Crippen molar-refractivity contribution in [3.8, 4) is 0 Å². The zero-order chi connectivity index (χ0) is 13.8. The molecule has 0 fully saturated rings. The summed E-state index contributed by atoms with van der Waals surface area (Å²) in [6.45, 7) is 2.12. The first-order valence-corrected chi connectivity index (χ1v) is 7.30. The van der Waals surface area contributed by atoms with Crippen LogP contribution in [0.15, 0.2) is 23.2 Å². The molecule has 2 N–H and O–H groups in total. The molecular weight excluding hydrogens is 256 g/mol. The van der Waals surface area contributed by atoms with E-state index in [0.717, 1.165) is 6.26 Å². The number of carboxylic acid groups (broad SMARTS) is 1. The number of nitrogens with zero attached hydrogens (tertiary/aromatic N) is 1. The van der Waals surface area contributed by atoms with Crippen LogP contribution in [0.25, 0.3) is 0 Å². The zero-order valence-electron chi connectivity index (χ0n) is 10.3. The number of aromatic nitrogens is 1. The molecule has 0 spiro atoms. The van der Waals surface area contributed by atoms with Crippen LogP contribution in [0, 0.1) is 5.92 Å². The average Bonchev–Trinajstić information content (AvgIpc) is 2.24. The number of hydrogen-bond acceptors (Lipinski definition) is 5. The van der Waals surface area contributed by atoms with Crippen LogP contribution in [0.4, 0.5) is 5.82 Å². The fourth-order valence-corrected chi connectivity index (χ4v) is 2.27. The van der Waals surface area contributed by atoms with Crippen LogP contribution in [-0.2, 0) is 14.6 Å². The van der Waals surface area contributed by atoms with Crippen molar-refractivity contribution in [3.63, 3.8) is 0 Å². The van der Waals surface area contributed by atoms with E-state index in [2.05, 4.69) is 10.3 Å². The van der Waals surface area contributed by atoms with Gasteiger partial charge in [0.05, 0.1) is 0 Å². The van der Waals surface area contributed by atoms with Gasteiger partial charge in [-0.1, -0.05) is 6.92 Å². The number of aliphatic carboxylic acids is 1. The summed E-state index contributed by atoms with van der Waals surface area (Å²) in [6.07, 6.45) is 2.61. The van der Waals surface area contributed by atoms with Gasteiger partial charge in [0.2, 0.25) is 0 Å². The van der Waals surface area contributed by atoms with Crippen LogP contribution < -0.4 is 5.32 Å². The number of hydrogen-bond donors (Lipinski definition) is 2. The van der Waals surface area contributed by atoms with Gasteiger partial charge in [0.25, 0.3) is 0 Å². The summed E-state index contributed by atoms with van der Waals surface area (Å²) in [5, 5.41) is 11.5. The highest BCUT2D eigenvalue weighted by molar-refractivity contribution is 7.90. The highest BCUT2D eigenvalue weighted by Gasteiger charge is 2.15. The summed E-state index contributed by atoms with van der Waals surface area (Å²) in [4.78, 5) is 14.6. The maximum absolute atomic E-state index is 11.5. The van der Waals surface area contributed by atoms with E-state index in [9.17, 15) is 13.2 Å². The molecule has 0 amide bonds. The average molecular weight is 272 g/mol. The quantitative estimate of drug-likeness (QED) is 0.802. The second-order valence-corrected chi connectivity index (χ2v) is 6.19. The van der Waals surface area contributed by atoms with Crippen molar-refractivity contribution in [1.82, 2.24) is 4.98 Å². The zero-order valence-corrected chi connectivity index (χ0v) is 11.1. The Balaban J connectivity index is 2.77. The summed E-state index contributed by atoms with van der Waals surface area (Å²) < 4.78 is 23.0. The molecule has 0 aliphatic carbocycles. The van der Waals surface area contributed by atoms with Crippen molar-refractivity contribution in [2.24, 2.45) is 5.92 Å². The fraction of sp³-hybridized carbons (Fsp3) is 0.455. The molecular formula is C11H16N2O4S. The predicted molar refractivity (Wildman–Crippen MR) is 67.3 cm³/mol. The topological polar surface area (TPSA) is 96.4 Å². The van der Waals surface area contributed by atoms with Gasteiger partial charge in [-0.05, 0) is 18.1 Å². The molecule has 1 rings (SSSR count). The molecule has 0 aromatic carbocycles. The Bertz CT molecular complexity index is 528. The Labute approximate surface area is 106 Å². The highest BCUT2D eigenvalue weighted by atomic mass is 32.2. The van der Waals surface area contributed by atoms with Crippen molar-refractivity contribution in [3.05, 3.63) is 18.3 Å². The third kappa shape index (κ3) is 4.33. The van der Waals surface area contributed by atoms with Gasteiger partial charge >= 0.3 is 5.97 Å². The molecule has 0 saturated carbocycles. The van der Waals surface area contributed by atoms with E-state index < -0.39 is 15.8 Å². The Morgan fingerprint density at radius 3 is 2.78 bits per heavy atom. The highest BCUT2D eigenvalue weighted by Crippen LogP contribution is 2.18. The lowest BCUT2D eigenvalue weighted by atomic mass is 10.1. The molecule has 0 radical (unpaired) electrons. The normalized spacial score (nSPS) is 13.0. The molecule has 1 aromatic rings. The predicted octanol–water partition coefficient (Wildman–Crippen LogP) is 1.01. The molecule has 1 aromatic heterocycles. The van der Waals surface area contributed by atoms with E-state index in [1.165, 1.54) is 12.3 Å². The van der Waals surface area contributed by atoms with E-state index in [1.54, 1.807) is 13.0 Å². The Morgan fingerprint density at radius 1 is 1.56 bits per heavy atom. The minimum absolute atomic E-state index is 0.0219. The largest absolute Gasteiger partial charge is 0.481 e. The lowest BCUT2D eigenvalue weighted by molar-refractivity contribution is -0.137. The van der Waals surface area contributed by atoms with Gasteiger partial charge in [-0.2, -0.15) is 0 Å². The molecule has 1 heterocycles. The third-order valence-corrected chi connectivity index (χ3v) is 3.44. The van der Waals surface area contributed by atoms with E-state index in [0.29, 0.717) is 6.54 Å². The van der Waals surface area contributed by atoms with E-state index in [1.807, 2.05) is 0 Å². The Hall–Kier alpha value is -1.63. The number of pyridine rings is 1. The van der Waals surface area contributed by atoms with Crippen LogP contribution in [0.1, 0.15) is 13.3 Å². The van der Waals surface area contributed by atoms with Gasteiger partial charge in [-0.25, -0.2) is 13.4 Å². The van der Waals surface area contributed by atoms with E-state index in [4.69, 9.17) is 5.11 Å². The Kier molecular flexibility index (Phi) is 4.66. The van der Waals surface area contributed by atoms with Crippen LogP contribution in [0.2, 0.25) is 0 Å². The molecule has 1 unspecified atom stereocenters. The smallest absolute Gasteiger partial charge is 0.303 e. The van der Waals surface area contributed by atoms with Crippen molar-refractivity contribution in [2.75, 3.05) is 18.1 Å². The van der Waals surface area contributed by atoms with Gasteiger partial charge in [0.15, 0.2) is 9.84 Å². The van der Waals surface area contributed by atoms with Gasteiger partial charge < -0.3 is 10.4 Å². The van der Waals surface area contributed by atoms with Crippen LogP contribution in [-0.4, -0.2) is 37.3 Å². The lowest BCUT2D eigenvalue weighted by Gasteiger charge is -2.13. The standard InChI is InChI=1S/C11H16N2O4S/c1-8(6-10(14)15)7-13-11-9(18(2,16)17)4-3-5-12-11/h3-5,8H,6-7H2,1-2H3,(H,12,13)(H,14,15). The minimum Gasteiger partial charge on any atom is -0.481 e. The number of sulfone groups is 1. The van der Waals surface area contributed by atoms with E-state index >= 15 is 0 Å². The van der Waals surface area contributed by atoms with Gasteiger partial charge in [0, 0.05) is 25.4 Å².